The third-order valence-electron chi connectivity index (χ3n) is 2.73. The van der Waals surface area contributed by atoms with Gasteiger partial charge >= 0.3 is 0 Å². The van der Waals surface area contributed by atoms with E-state index >= 15 is 0 Å². The number of ether oxygens (including phenoxy) is 1. The van der Waals surface area contributed by atoms with Crippen LogP contribution in [0.15, 0.2) is 12.2 Å². The molecule has 1 atom stereocenters. The highest BCUT2D eigenvalue weighted by atomic mass is 16.5. The molecule has 0 aliphatic carbocycles. The molecule has 0 aliphatic heterocycles. The van der Waals surface area contributed by atoms with Crippen LogP contribution in [0.1, 0.15) is 58.8 Å². The summed E-state index contributed by atoms with van der Waals surface area (Å²) in [6, 6.07) is 0. The smallest absolute Gasteiger partial charge is 0.0490 e. The van der Waals surface area contributed by atoms with E-state index in [1.807, 2.05) is 7.11 Å². The second-order valence-corrected chi connectivity index (χ2v) is 4.27. The molecule has 0 saturated heterocycles. The summed E-state index contributed by atoms with van der Waals surface area (Å²) >= 11 is 0. The number of hydrogen-bond acceptors (Lipinski definition) is 1. The zero-order chi connectivity index (χ0) is 11.4. The third kappa shape index (κ3) is 9.99. The number of rotatable bonds is 10. The lowest BCUT2D eigenvalue weighted by atomic mass is 9.97. The van der Waals surface area contributed by atoms with Crippen molar-refractivity contribution in [2.75, 3.05) is 13.7 Å². The van der Waals surface area contributed by atoms with Crippen LogP contribution in [-0.2, 0) is 4.74 Å². The van der Waals surface area contributed by atoms with Crippen molar-refractivity contribution in [3.05, 3.63) is 12.2 Å². The Balaban J connectivity index is 3.39. The van der Waals surface area contributed by atoms with E-state index < -0.39 is 0 Å². The molecule has 0 aromatic rings. The van der Waals surface area contributed by atoms with Gasteiger partial charge in [0, 0.05) is 13.7 Å². The van der Waals surface area contributed by atoms with Gasteiger partial charge < -0.3 is 4.74 Å². The molecule has 0 fully saturated rings. The van der Waals surface area contributed by atoms with Crippen LogP contribution in [0.4, 0.5) is 0 Å². The fraction of sp³-hybridized carbons (Fsp3) is 0.857. The van der Waals surface area contributed by atoms with Crippen molar-refractivity contribution in [2.45, 2.75) is 58.8 Å². The summed E-state index contributed by atoms with van der Waals surface area (Å²) in [5.41, 5.74) is 0. The van der Waals surface area contributed by atoms with Crippen LogP contribution in [0.25, 0.3) is 0 Å². The average molecular weight is 212 g/mol. The average Bonchev–Trinajstić information content (AvgIpc) is 2.24. The largest absolute Gasteiger partial charge is 0.384 e. The monoisotopic (exact) mass is 212 g/mol. The summed E-state index contributed by atoms with van der Waals surface area (Å²) in [5, 5.41) is 0. The van der Waals surface area contributed by atoms with Crippen LogP contribution in [-0.4, -0.2) is 13.7 Å². The fourth-order valence-electron chi connectivity index (χ4n) is 1.93. The topological polar surface area (TPSA) is 9.23 Å². The lowest BCUT2D eigenvalue weighted by Crippen LogP contribution is -2.07. The lowest BCUT2D eigenvalue weighted by Gasteiger charge is -2.14. The molecule has 0 heterocycles. The molecule has 0 spiro atoms. The molecule has 1 heteroatoms. The van der Waals surface area contributed by atoms with E-state index in [0.717, 1.165) is 12.5 Å². The molecule has 1 nitrogen and oxygen atoms in total. The van der Waals surface area contributed by atoms with Crippen molar-refractivity contribution in [1.29, 1.82) is 0 Å². The Morgan fingerprint density at radius 3 is 2.47 bits per heavy atom. The lowest BCUT2D eigenvalue weighted by molar-refractivity contribution is 0.141. The number of unbranched alkanes of at least 4 members (excludes halogenated alkanes) is 2. The van der Waals surface area contributed by atoms with Crippen molar-refractivity contribution in [2.24, 2.45) is 5.92 Å². The summed E-state index contributed by atoms with van der Waals surface area (Å²) in [5.74, 6) is 0.787. The van der Waals surface area contributed by atoms with Gasteiger partial charge in [-0.2, -0.15) is 0 Å². The Labute approximate surface area is 95.9 Å². The van der Waals surface area contributed by atoms with Gasteiger partial charge in [-0.05, 0) is 38.0 Å². The maximum Gasteiger partial charge on any atom is 0.0490 e. The predicted octanol–water partition coefficient (Wildman–Crippen LogP) is 4.58. The highest BCUT2D eigenvalue weighted by molar-refractivity contribution is 4.79. The molecule has 0 N–H and O–H groups in total. The van der Waals surface area contributed by atoms with Gasteiger partial charge in [0.2, 0.25) is 0 Å². The molecule has 90 valence electrons. The third-order valence-corrected chi connectivity index (χ3v) is 2.73. The summed E-state index contributed by atoms with van der Waals surface area (Å²) in [6.45, 7) is 5.39. The Bertz CT molecular complexity index is 134. The first-order chi connectivity index (χ1) is 7.35. The zero-order valence-electron chi connectivity index (χ0n) is 10.8. The van der Waals surface area contributed by atoms with Crippen molar-refractivity contribution >= 4 is 0 Å². The van der Waals surface area contributed by atoms with E-state index in [1.54, 1.807) is 0 Å². The minimum absolute atomic E-state index is 0.787. The van der Waals surface area contributed by atoms with Gasteiger partial charge in [0.15, 0.2) is 0 Å². The molecule has 0 bridgehead atoms. The Morgan fingerprint density at radius 2 is 1.87 bits per heavy atom. The van der Waals surface area contributed by atoms with Crippen LogP contribution in [0.2, 0.25) is 0 Å². The van der Waals surface area contributed by atoms with Gasteiger partial charge in [0.05, 0.1) is 0 Å². The standard InChI is InChI=1S/C14H28O/c1-4-6-7-8-9-10-12-14(11-5-2)13-15-3/h6-7,14H,4-5,8-13H2,1-3H3. The van der Waals surface area contributed by atoms with Crippen LogP contribution in [0.5, 0.6) is 0 Å². The minimum atomic E-state index is 0.787. The second-order valence-electron chi connectivity index (χ2n) is 4.27. The van der Waals surface area contributed by atoms with Gasteiger partial charge in [0.1, 0.15) is 0 Å². The molecule has 0 aliphatic rings. The number of hydrogen-bond donors (Lipinski definition) is 0. The number of methoxy groups -OCH3 is 1. The van der Waals surface area contributed by atoms with Crippen molar-refractivity contribution in [3.63, 3.8) is 0 Å². The first-order valence-electron chi connectivity index (χ1n) is 6.49. The van der Waals surface area contributed by atoms with Crippen LogP contribution < -0.4 is 0 Å². The minimum Gasteiger partial charge on any atom is -0.384 e. The molecule has 0 amide bonds. The quantitative estimate of drug-likeness (QED) is 0.380. The Hall–Kier alpha value is -0.300. The van der Waals surface area contributed by atoms with Crippen molar-refractivity contribution < 1.29 is 4.74 Å². The summed E-state index contributed by atoms with van der Waals surface area (Å²) in [6.07, 6.45) is 13.6. The molecule has 0 radical (unpaired) electrons. The van der Waals surface area contributed by atoms with E-state index in [1.165, 1.54) is 44.9 Å². The Kier molecular flexibility index (Phi) is 11.5. The van der Waals surface area contributed by atoms with Crippen molar-refractivity contribution in [1.82, 2.24) is 0 Å². The summed E-state index contributed by atoms with van der Waals surface area (Å²) < 4.78 is 5.24. The zero-order valence-corrected chi connectivity index (χ0v) is 10.8. The van der Waals surface area contributed by atoms with E-state index in [2.05, 4.69) is 26.0 Å². The molecular weight excluding hydrogens is 184 g/mol. The van der Waals surface area contributed by atoms with E-state index in [-0.39, 0.29) is 0 Å². The first kappa shape index (κ1) is 14.7. The summed E-state index contributed by atoms with van der Waals surface area (Å²) in [7, 11) is 1.81. The van der Waals surface area contributed by atoms with Crippen LogP contribution in [0, 0.1) is 5.92 Å². The normalized spacial score (nSPS) is 13.5. The van der Waals surface area contributed by atoms with Gasteiger partial charge in [-0.3, -0.25) is 0 Å². The predicted molar refractivity (Wildman–Crippen MR) is 68.2 cm³/mol. The Morgan fingerprint density at radius 1 is 1.07 bits per heavy atom. The molecule has 0 aromatic heterocycles. The van der Waals surface area contributed by atoms with E-state index in [0.29, 0.717) is 0 Å². The maximum atomic E-state index is 5.24. The van der Waals surface area contributed by atoms with Gasteiger partial charge in [-0.1, -0.05) is 38.8 Å². The van der Waals surface area contributed by atoms with Gasteiger partial charge in [-0.15, -0.1) is 0 Å². The van der Waals surface area contributed by atoms with E-state index in [9.17, 15) is 0 Å². The second kappa shape index (κ2) is 11.8. The molecule has 0 rings (SSSR count). The summed E-state index contributed by atoms with van der Waals surface area (Å²) in [4.78, 5) is 0. The molecule has 0 aromatic carbocycles. The van der Waals surface area contributed by atoms with Crippen LogP contribution in [0.3, 0.4) is 0 Å². The van der Waals surface area contributed by atoms with Gasteiger partial charge in [-0.25, -0.2) is 0 Å². The molecule has 1 unspecified atom stereocenters. The van der Waals surface area contributed by atoms with E-state index in [4.69, 9.17) is 4.74 Å². The SMILES string of the molecule is CCC=CCCCCC(CCC)COC. The van der Waals surface area contributed by atoms with Crippen LogP contribution >= 0.6 is 0 Å². The fourth-order valence-corrected chi connectivity index (χ4v) is 1.93. The molecule has 0 saturated carbocycles. The number of allylic oxidation sites excluding steroid dienone is 2. The highest BCUT2D eigenvalue weighted by Crippen LogP contribution is 2.16. The molecular formula is C14H28O. The van der Waals surface area contributed by atoms with Crippen molar-refractivity contribution in [3.8, 4) is 0 Å². The maximum absolute atomic E-state index is 5.24. The highest BCUT2D eigenvalue weighted by Gasteiger charge is 2.06. The first-order valence-corrected chi connectivity index (χ1v) is 6.49. The molecule has 15 heavy (non-hydrogen) atoms. The van der Waals surface area contributed by atoms with Gasteiger partial charge in [0.25, 0.3) is 0 Å².